The van der Waals surface area contributed by atoms with E-state index < -0.39 is 0 Å². The minimum absolute atomic E-state index is 0.171. The van der Waals surface area contributed by atoms with Crippen molar-refractivity contribution in [2.24, 2.45) is 0 Å². The lowest BCUT2D eigenvalue weighted by Crippen LogP contribution is -2.10. The zero-order valence-corrected chi connectivity index (χ0v) is 19.2. The first-order valence-corrected chi connectivity index (χ1v) is 10.4. The van der Waals surface area contributed by atoms with Crippen molar-refractivity contribution in [3.63, 3.8) is 0 Å². The zero-order chi connectivity index (χ0) is 24.2. The molecule has 1 heterocycles. The van der Waals surface area contributed by atoms with Crippen molar-refractivity contribution in [1.82, 2.24) is 0 Å². The molecule has 2 N–H and O–H groups in total. The summed E-state index contributed by atoms with van der Waals surface area (Å²) in [5, 5.41) is 9.76. The molecule has 0 aliphatic rings. The van der Waals surface area contributed by atoms with Crippen molar-refractivity contribution in [1.29, 1.82) is 0 Å². The summed E-state index contributed by atoms with van der Waals surface area (Å²) < 4.78 is 5.49. The quantitative estimate of drug-likeness (QED) is 0.327. The van der Waals surface area contributed by atoms with Crippen molar-refractivity contribution in [3.8, 4) is 11.3 Å². The fourth-order valence-electron chi connectivity index (χ4n) is 2.37. The van der Waals surface area contributed by atoms with E-state index in [9.17, 15) is 4.79 Å². The summed E-state index contributed by atoms with van der Waals surface area (Å²) in [7, 11) is 0. The molecule has 2 aromatic carbocycles. The fourth-order valence-corrected chi connectivity index (χ4v) is 2.37. The predicted octanol–water partition coefficient (Wildman–Crippen LogP) is 7.24. The lowest BCUT2D eigenvalue weighted by Gasteiger charge is -2.04. The van der Waals surface area contributed by atoms with Crippen LogP contribution in [-0.4, -0.2) is 17.5 Å². The van der Waals surface area contributed by atoms with Crippen LogP contribution in [-0.2, 0) is 11.2 Å². The predicted molar refractivity (Wildman–Crippen MR) is 133 cm³/mol. The third-order valence-corrected chi connectivity index (χ3v) is 3.87. The van der Waals surface area contributed by atoms with Gasteiger partial charge in [0.05, 0.1) is 5.56 Å². The van der Waals surface area contributed by atoms with E-state index in [2.05, 4.69) is 18.8 Å². The Morgan fingerprint density at radius 2 is 1.69 bits per heavy atom. The number of nitrogens with one attached hydrogen (secondary N) is 1. The molecule has 0 atom stereocenters. The smallest absolute Gasteiger partial charge is 0.290 e. The molecule has 0 aliphatic heterocycles. The van der Waals surface area contributed by atoms with Crippen LogP contribution in [0.4, 0.5) is 5.69 Å². The molecule has 1 aromatic heterocycles. The molecule has 170 valence electrons. The number of benzene rings is 2. The third-order valence-electron chi connectivity index (χ3n) is 3.87. The summed E-state index contributed by atoms with van der Waals surface area (Å²) in [4.78, 5) is 20.6. The number of carbonyl (C=O) groups excluding carboxylic acids is 1. The first-order valence-electron chi connectivity index (χ1n) is 10.4. The van der Waals surface area contributed by atoms with Crippen LogP contribution in [0.3, 0.4) is 0 Å². The van der Waals surface area contributed by atoms with E-state index in [-0.39, 0.29) is 12.4 Å². The van der Waals surface area contributed by atoms with Crippen LogP contribution >= 0.6 is 0 Å². The van der Waals surface area contributed by atoms with Gasteiger partial charge in [-0.2, -0.15) is 0 Å². The molecule has 1 amide bonds. The van der Waals surface area contributed by atoms with Crippen LogP contribution in [0, 0.1) is 0 Å². The largest absolute Gasteiger partial charge is 0.483 e. The number of carbonyl (C=O) groups is 2. The fraction of sp³-hybridized carbons (Fsp3) is 0.185. The molecule has 0 bridgehead atoms. The van der Waals surface area contributed by atoms with Crippen molar-refractivity contribution in [2.45, 2.75) is 34.1 Å². The molecule has 0 radical (unpaired) electrons. The molecule has 5 nitrogen and oxygen atoms in total. The maximum absolute atomic E-state index is 12.2. The summed E-state index contributed by atoms with van der Waals surface area (Å²) in [6.45, 7) is 11.3. The van der Waals surface area contributed by atoms with E-state index >= 15 is 0 Å². The molecule has 0 spiro atoms. The first-order chi connectivity index (χ1) is 15.6. The molecular formula is C27H33NO4. The molecule has 5 heteroatoms. The van der Waals surface area contributed by atoms with E-state index in [0.29, 0.717) is 11.3 Å². The molecule has 3 rings (SSSR count). The number of furan rings is 1. The summed E-state index contributed by atoms with van der Waals surface area (Å²) in [5.41, 5.74) is 3.49. The minimum Gasteiger partial charge on any atom is -0.483 e. The highest BCUT2D eigenvalue weighted by Gasteiger charge is 2.11. The van der Waals surface area contributed by atoms with Gasteiger partial charge in [0.15, 0.2) is 0 Å². The van der Waals surface area contributed by atoms with E-state index in [1.807, 2.05) is 87.5 Å². The van der Waals surface area contributed by atoms with Crippen LogP contribution in [0.5, 0.6) is 0 Å². The van der Waals surface area contributed by atoms with Crippen molar-refractivity contribution < 1.29 is 19.1 Å². The van der Waals surface area contributed by atoms with E-state index in [1.54, 1.807) is 12.1 Å². The summed E-state index contributed by atoms with van der Waals surface area (Å²) >= 11 is 0. The summed E-state index contributed by atoms with van der Waals surface area (Å²) in [6, 6.07) is 19.3. The highest BCUT2D eigenvalue weighted by atomic mass is 16.3. The highest BCUT2D eigenvalue weighted by Crippen LogP contribution is 2.22. The van der Waals surface area contributed by atoms with Crippen LogP contribution in [0.2, 0.25) is 0 Å². The first kappa shape index (κ1) is 28.1. The second kappa shape index (κ2) is 18.0. The lowest BCUT2D eigenvalue weighted by molar-refractivity contribution is -0.122. The van der Waals surface area contributed by atoms with Gasteiger partial charge in [-0.1, -0.05) is 88.0 Å². The van der Waals surface area contributed by atoms with E-state index in [1.165, 1.54) is 11.8 Å². The SMILES string of the molecule is C=C/C=C\C.CC.CCc1ccc(NC(=O)c2coc(-c3ccccc3)c2)cc1.O=CO. The van der Waals surface area contributed by atoms with Gasteiger partial charge in [-0.15, -0.1) is 0 Å². The van der Waals surface area contributed by atoms with Gasteiger partial charge >= 0.3 is 0 Å². The van der Waals surface area contributed by atoms with Crippen LogP contribution in [0.1, 0.15) is 43.6 Å². The molecule has 0 unspecified atom stereocenters. The maximum Gasteiger partial charge on any atom is 0.290 e. The average Bonchev–Trinajstić information content (AvgIpc) is 3.34. The maximum atomic E-state index is 12.2. The van der Waals surface area contributed by atoms with Gasteiger partial charge in [0.25, 0.3) is 12.4 Å². The summed E-state index contributed by atoms with van der Waals surface area (Å²) in [5.74, 6) is 0.516. The molecule has 0 aliphatic carbocycles. The van der Waals surface area contributed by atoms with Gasteiger partial charge < -0.3 is 14.8 Å². The zero-order valence-electron chi connectivity index (χ0n) is 19.2. The van der Waals surface area contributed by atoms with Gasteiger partial charge in [0, 0.05) is 11.3 Å². The Labute approximate surface area is 191 Å². The molecule has 0 saturated heterocycles. The van der Waals surface area contributed by atoms with Gasteiger partial charge in [0.1, 0.15) is 12.0 Å². The Kier molecular flexibility index (Phi) is 15.8. The Morgan fingerprint density at radius 3 is 2.16 bits per heavy atom. The number of carboxylic acid groups (broad SMARTS) is 1. The highest BCUT2D eigenvalue weighted by molar-refractivity contribution is 6.04. The second-order valence-electron chi connectivity index (χ2n) is 5.94. The molecule has 0 saturated carbocycles. The van der Waals surface area contributed by atoms with Crippen molar-refractivity contribution in [2.75, 3.05) is 5.32 Å². The Morgan fingerprint density at radius 1 is 1.09 bits per heavy atom. The number of hydrogen-bond acceptors (Lipinski definition) is 3. The molecule has 0 fully saturated rings. The van der Waals surface area contributed by atoms with Gasteiger partial charge in [-0.25, -0.2) is 0 Å². The standard InChI is InChI=1S/C19H17NO2.C5H8.C2H6.CH2O2/c1-2-14-8-10-17(11-9-14)20-19(21)16-12-18(22-13-16)15-6-4-3-5-7-15;1-3-5-4-2;1-2;2-1-3/h3-13H,2H2,1H3,(H,20,21);3-5H,1H2,2H3;1-2H3;1H,(H,2,3)/b;5-4-;;. The lowest BCUT2D eigenvalue weighted by atomic mass is 10.1. The summed E-state index contributed by atoms with van der Waals surface area (Å²) in [6.07, 6.45) is 8.04. The van der Waals surface area contributed by atoms with Crippen LogP contribution in [0.15, 0.2) is 96.2 Å². The number of rotatable bonds is 5. The molecule has 3 aromatic rings. The van der Waals surface area contributed by atoms with Crippen molar-refractivity contribution >= 4 is 18.1 Å². The molecular weight excluding hydrogens is 402 g/mol. The van der Waals surface area contributed by atoms with E-state index in [0.717, 1.165) is 17.7 Å². The Bertz CT molecular complexity index is 926. The average molecular weight is 436 g/mol. The Balaban J connectivity index is 0.000000822. The monoisotopic (exact) mass is 435 g/mol. The topological polar surface area (TPSA) is 79.5 Å². The van der Waals surface area contributed by atoms with E-state index in [4.69, 9.17) is 14.3 Å². The second-order valence-corrected chi connectivity index (χ2v) is 5.94. The molecule has 32 heavy (non-hydrogen) atoms. The number of anilines is 1. The van der Waals surface area contributed by atoms with Crippen LogP contribution < -0.4 is 5.32 Å². The van der Waals surface area contributed by atoms with Gasteiger partial charge in [0.2, 0.25) is 0 Å². The van der Waals surface area contributed by atoms with Gasteiger partial charge in [-0.3, -0.25) is 9.59 Å². The van der Waals surface area contributed by atoms with Crippen LogP contribution in [0.25, 0.3) is 11.3 Å². The Hall–Kier alpha value is -3.86. The number of amides is 1. The number of aryl methyl sites for hydroxylation is 1. The number of allylic oxidation sites excluding steroid dienone is 3. The van der Waals surface area contributed by atoms with Gasteiger partial charge in [-0.05, 0) is 37.1 Å². The third kappa shape index (κ3) is 10.8. The van der Waals surface area contributed by atoms with Crippen molar-refractivity contribution in [3.05, 3.63) is 103 Å². The minimum atomic E-state index is -0.250. The normalized spacial score (nSPS) is 9.12. The number of hydrogen-bond donors (Lipinski definition) is 2.